The topological polar surface area (TPSA) is 26.0 Å². The Morgan fingerprint density at radius 1 is 1.22 bits per heavy atom. The standard InChI is InChI=1S/C12H9ClF3NS/c13-9-4-3-7(12(14,15)16)6-8(9)11(17)10-2-1-5-18-10/h1-6,11H,17H2/t11-/m1/s1. The van der Waals surface area contributed by atoms with Gasteiger partial charge in [0.2, 0.25) is 0 Å². The average molecular weight is 292 g/mol. The van der Waals surface area contributed by atoms with E-state index in [1.54, 1.807) is 12.1 Å². The lowest BCUT2D eigenvalue weighted by Crippen LogP contribution is -2.13. The van der Waals surface area contributed by atoms with Crippen molar-refractivity contribution in [3.8, 4) is 0 Å². The predicted molar refractivity (Wildman–Crippen MR) is 66.8 cm³/mol. The largest absolute Gasteiger partial charge is 0.416 e. The molecule has 18 heavy (non-hydrogen) atoms. The van der Waals surface area contributed by atoms with Gasteiger partial charge >= 0.3 is 6.18 Å². The summed E-state index contributed by atoms with van der Waals surface area (Å²) in [5, 5.41) is 2.06. The highest BCUT2D eigenvalue weighted by atomic mass is 35.5. The number of benzene rings is 1. The molecule has 1 aromatic carbocycles. The van der Waals surface area contributed by atoms with E-state index in [1.807, 2.05) is 5.38 Å². The summed E-state index contributed by atoms with van der Waals surface area (Å²) in [6.45, 7) is 0. The predicted octanol–water partition coefficient (Wildman–Crippen LogP) is 4.47. The van der Waals surface area contributed by atoms with Crippen molar-refractivity contribution in [3.05, 3.63) is 56.7 Å². The zero-order valence-corrected chi connectivity index (χ0v) is 10.6. The van der Waals surface area contributed by atoms with Gasteiger partial charge in [-0.3, -0.25) is 0 Å². The Hall–Kier alpha value is -1.04. The van der Waals surface area contributed by atoms with Crippen LogP contribution in [0.25, 0.3) is 0 Å². The molecule has 0 aliphatic carbocycles. The van der Waals surface area contributed by atoms with Gasteiger partial charge < -0.3 is 5.73 Å². The molecule has 0 spiro atoms. The Labute approximate surface area is 111 Å². The van der Waals surface area contributed by atoms with E-state index in [4.69, 9.17) is 17.3 Å². The maximum Gasteiger partial charge on any atom is 0.416 e. The summed E-state index contributed by atoms with van der Waals surface area (Å²) in [6, 6.07) is 6.11. The third-order valence-electron chi connectivity index (χ3n) is 2.51. The molecule has 0 aliphatic heterocycles. The minimum atomic E-state index is -4.39. The summed E-state index contributed by atoms with van der Waals surface area (Å²) in [5.74, 6) is 0. The molecule has 0 amide bonds. The number of rotatable bonds is 2. The van der Waals surface area contributed by atoms with Gasteiger partial charge in [0.05, 0.1) is 11.6 Å². The molecule has 0 bridgehead atoms. The quantitative estimate of drug-likeness (QED) is 0.868. The first kappa shape index (κ1) is 13.4. The molecule has 6 heteroatoms. The highest BCUT2D eigenvalue weighted by Crippen LogP contribution is 2.35. The third kappa shape index (κ3) is 2.68. The number of nitrogens with two attached hydrogens (primary N) is 1. The Balaban J connectivity index is 2.44. The lowest BCUT2D eigenvalue weighted by molar-refractivity contribution is -0.137. The zero-order valence-electron chi connectivity index (χ0n) is 9.04. The summed E-state index contributed by atoms with van der Waals surface area (Å²) in [5.41, 5.74) is 5.48. The second-order valence-electron chi connectivity index (χ2n) is 3.73. The van der Waals surface area contributed by atoms with Crippen molar-refractivity contribution in [1.29, 1.82) is 0 Å². The van der Waals surface area contributed by atoms with Crippen molar-refractivity contribution in [2.45, 2.75) is 12.2 Å². The Bertz CT molecular complexity index is 537. The summed E-state index contributed by atoms with van der Waals surface area (Å²) in [7, 11) is 0. The average Bonchev–Trinajstić information content (AvgIpc) is 2.80. The fourth-order valence-electron chi connectivity index (χ4n) is 1.58. The summed E-state index contributed by atoms with van der Waals surface area (Å²) in [6.07, 6.45) is -4.39. The van der Waals surface area contributed by atoms with Crippen LogP contribution in [0, 0.1) is 0 Å². The van der Waals surface area contributed by atoms with E-state index in [1.165, 1.54) is 17.4 Å². The third-order valence-corrected chi connectivity index (χ3v) is 3.81. The van der Waals surface area contributed by atoms with E-state index in [2.05, 4.69) is 0 Å². The highest BCUT2D eigenvalue weighted by Gasteiger charge is 2.31. The molecule has 96 valence electrons. The van der Waals surface area contributed by atoms with Gasteiger partial charge in [0.1, 0.15) is 0 Å². The number of halogens is 4. The second-order valence-corrected chi connectivity index (χ2v) is 5.11. The molecule has 2 N–H and O–H groups in total. The molecule has 2 aromatic rings. The Kier molecular flexibility index (Phi) is 3.66. The van der Waals surface area contributed by atoms with Crippen molar-refractivity contribution >= 4 is 22.9 Å². The first-order valence-corrected chi connectivity index (χ1v) is 6.31. The maximum atomic E-state index is 12.6. The van der Waals surface area contributed by atoms with Crippen LogP contribution in [0.5, 0.6) is 0 Å². The van der Waals surface area contributed by atoms with Crippen LogP contribution in [-0.4, -0.2) is 0 Å². The molecular weight excluding hydrogens is 283 g/mol. The molecule has 0 unspecified atom stereocenters. The normalized spacial score (nSPS) is 13.6. The molecule has 0 fully saturated rings. The Morgan fingerprint density at radius 3 is 2.50 bits per heavy atom. The molecule has 0 aliphatic rings. The van der Waals surface area contributed by atoms with Gasteiger partial charge in [-0.25, -0.2) is 0 Å². The van der Waals surface area contributed by atoms with Crippen LogP contribution in [0.2, 0.25) is 5.02 Å². The van der Waals surface area contributed by atoms with Crippen LogP contribution in [0.15, 0.2) is 35.7 Å². The fourth-order valence-corrected chi connectivity index (χ4v) is 2.56. The van der Waals surface area contributed by atoms with Crippen molar-refractivity contribution < 1.29 is 13.2 Å². The van der Waals surface area contributed by atoms with Crippen LogP contribution < -0.4 is 5.73 Å². The van der Waals surface area contributed by atoms with Crippen molar-refractivity contribution in [2.24, 2.45) is 5.73 Å². The smallest absolute Gasteiger partial charge is 0.320 e. The van der Waals surface area contributed by atoms with Crippen LogP contribution in [0.1, 0.15) is 22.0 Å². The van der Waals surface area contributed by atoms with E-state index < -0.39 is 17.8 Å². The van der Waals surface area contributed by atoms with Gasteiger partial charge in [0.25, 0.3) is 0 Å². The van der Waals surface area contributed by atoms with E-state index in [0.717, 1.165) is 17.0 Å². The SMILES string of the molecule is N[C@@H](c1cccs1)c1cc(C(F)(F)F)ccc1Cl. The number of hydrogen-bond donors (Lipinski definition) is 1. The van der Waals surface area contributed by atoms with Crippen LogP contribution in [0.3, 0.4) is 0 Å². The zero-order chi connectivity index (χ0) is 13.3. The molecule has 0 saturated carbocycles. The number of thiophene rings is 1. The molecule has 0 saturated heterocycles. The van der Waals surface area contributed by atoms with Crippen molar-refractivity contribution in [1.82, 2.24) is 0 Å². The fraction of sp³-hybridized carbons (Fsp3) is 0.167. The minimum Gasteiger partial charge on any atom is -0.320 e. The molecule has 1 nitrogen and oxygen atoms in total. The van der Waals surface area contributed by atoms with Gasteiger partial charge in [-0.15, -0.1) is 11.3 Å². The summed E-state index contributed by atoms with van der Waals surface area (Å²) < 4.78 is 37.9. The number of hydrogen-bond acceptors (Lipinski definition) is 2. The minimum absolute atomic E-state index is 0.240. The van der Waals surface area contributed by atoms with Gasteiger partial charge in [0, 0.05) is 9.90 Å². The monoisotopic (exact) mass is 291 g/mol. The van der Waals surface area contributed by atoms with Gasteiger partial charge in [-0.2, -0.15) is 13.2 Å². The van der Waals surface area contributed by atoms with E-state index in [9.17, 15) is 13.2 Å². The van der Waals surface area contributed by atoms with Crippen LogP contribution in [-0.2, 0) is 6.18 Å². The van der Waals surface area contributed by atoms with E-state index in [0.29, 0.717) is 0 Å². The summed E-state index contributed by atoms with van der Waals surface area (Å²) >= 11 is 7.30. The lowest BCUT2D eigenvalue weighted by atomic mass is 10.0. The second kappa shape index (κ2) is 4.91. The first-order chi connectivity index (χ1) is 8.39. The molecule has 1 heterocycles. The van der Waals surface area contributed by atoms with Gasteiger partial charge in [-0.05, 0) is 35.2 Å². The van der Waals surface area contributed by atoms with E-state index in [-0.39, 0.29) is 10.6 Å². The molecule has 1 atom stereocenters. The maximum absolute atomic E-state index is 12.6. The highest BCUT2D eigenvalue weighted by molar-refractivity contribution is 7.10. The molecule has 0 radical (unpaired) electrons. The molecule has 1 aromatic heterocycles. The summed E-state index contributed by atoms with van der Waals surface area (Å²) in [4.78, 5) is 0.774. The van der Waals surface area contributed by atoms with Crippen LogP contribution >= 0.6 is 22.9 Å². The van der Waals surface area contributed by atoms with Crippen LogP contribution in [0.4, 0.5) is 13.2 Å². The van der Waals surface area contributed by atoms with Crippen molar-refractivity contribution in [2.75, 3.05) is 0 Å². The Morgan fingerprint density at radius 2 is 1.94 bits per heavy atom. The lowest BCUT2D eigenvalue weighted by Gasteiger charge is -2.15. The first-order valence-electron chi connectivity index (χ1n) is 5.05. The van der Waals surface area contributed by atoms with Crippen molar-refractivity contribution in [3.63, 3.8) is 0 Å². The van der Waals surface area contributed by atoms with Gasteiger partial charge in [0.15, 0.2) is 0 Å². The van der Waals surface area contributed by atoms with E-state index >= 15 is 0 Å². The van der Waals surface area contributed by atoms with Gasteiger partial charge in [-0.1, -0.05) is 17.7 Å². The molecular formula is C12H9ClF3NS. The molecule has 2 rings (SSSR count). The number of alkyl halides is 3.